The van der Waals surface area contributed by atoms with Gasteiger partial charge in [-0.15, -0.1) is 0 Å². The number of aryl methyl sites for hydroxylation is 4. The standard InChI is InChI=1S/C26H37N3O3/c1-6-21-25(20-12-16-9-8-10-17(16)13-24(20)32-5)27-22(7-2)26(28-21)29-23-14-19(31-4)11-18(23)15-30-3/h12-13,18-19,23H,6-11,14-15H2,1-5H3,(H,28,29). The van der Waals surface area contributed by atoms with E-state index in [0.717, 1.165) is 79.3 Å². The molecule has 1 aromatic heterocycles. The number of benzene rings is 1. The first kappa shape index (κ1) is 23.0. The maximum absolute atomic E-state index is 5.79. The smallest absolute Gasteiger partial charge is 0.148 e. The number of nitrogens with one attached hydrogen (secondary N) is 1. The maximum atomic E-state index is 5.79. The zero-order chi connectivity index (χ0) is 22.7. The summed E-state index contributed by atoms with van der Waals surface area (Å²) in [5, 5.41) is 3.72. The Morgan fingerprint density at radius 3 is 2.38 bits per heavy atom. The van der Waals surface area contributed by atoms with Crippen molar-refractivity contribution in [2.75, 3.05) is 33.3 Å². The van der Waals surface area contributed by atoms with Gasteiger partial charge in [0.1, 0.15) is 11.6 Å². The number of hydrogen-bond donors (Lipinski definition) is 1. The molecule has 0 aliphatic heterocycles. The predicted octanol–water partition coefficient (Wildman–Crippen LogP) is 4.62. The van der Waals surface area contributed by atoms with E-state index >= 15 is 0 Å². The Morgan fingerprint density at radius 2 is 1.72 bits per heavy atom. The lowest BCUT2D eigenvalue weighted by molar-refractivity contribution is 0.0947. The van der Waals surface area contributed by atoms with E-state index in [1.807, 2.05) is 0 Å². The molecule has 2 aliphatic rings. The fourth-order valence-electron chi connectivity index (χ4n) is 5.30. The number of methoxy groups -OCH3 is 3. The van der Waals surface area contributed by atoms with Crippen molar-refractivity contribution in [2.24, 2.45) is 5.92 Å². The summed E-state index contributed by atoms with van der Waals surface area (Å²) in [6, 6.07) is 4.76. The van der Waals surface area contributed by atoms with Crippen LogP contribution in [0.15, 0.2) is 12.1 Å². The average Bonchev–Trinajstić information content (AvgIpc) is 3.44. The first-order valence-corrected chi connectivity index (χ1v) is 12.0. The summed E-state index contributed by atoms with van der Waals surface area (Å²) in [6.07, 6.45) is 7.32. The summed E-state index contributed by atoms with van der Waals surface area (Å²) < 4.78 is 16.9. The number of nitrogens with zero attached hydrogens (tertiary/aromatic N) is 2. The lowest BCUT2D eigenvalue weighted by Crippen LogP contribution is -2.28. The molecule has 1 N–H and O–H groups in total. The van der Waals surface area contributed by atoms with Crippen LogP contribution in [0, 0.1) is 5.92 Å². The molecule has 1 aromatic carbocycles. The highest BCUT2D eigenvalue weighted by Crippen LogP contribution is 2.38. The van der Waals surface area contributed by atoms with Crippen molar-refractivity contribution in [2.45, 2.75) is 70.9 Å². The van der Waals surface area contributed by atoms with E-state index in [1.54, 1.807) is 21.3 Å². The van der Waals surface area contributed by atoms with E-state index in [-0.39, 0.29) is 12.1 Å². The van der Waals surface area contributed by atoms with Crippen molar-refractivity contribution < 1.29 is 14.2 Å². The summed E-state index contributed by atoms with van der Waals surface area (Å²) in [6.45, 7) is 5.01. The van der Waals surface area contributed by atoms with E-state index in [9.17, 15) is 0 Å². The number of fused-ring (bicyclic) bond motifs is 1. The molecule has 3 unspecified atom stereocenters. The van der Waals surface area contributed by atoms with Gasteiger partial charge in [-0.3, -0.25) is 0 Å². The third-order valence-electron chi connectivity index (χ3n) is 7.07. The molecule has 6 heteroatoms. The topological polar surface area (TPSA) is 65.5 Å². The molecule has 3 atom stereocenters. The zero-order valence-electron chi connectivity index (χ0n) is 20.2. The van der Waals surface area contributed by atoms with Crippen molar-refractivity contribution in [3.63, 3.8) is 0 Å². The van der Waals surface area contributed by atoms with Crippen molar-refractivity contribution in [1.29, 1.82) is 0 Å². The molecule has 1 saturated carbocycles. The molecule has 0 radical (unpaired) electrons. The zero-order valence-corrected chi connectivity index (χ0v) is 20.2. The average molecular weight is 440 g/mol. The SMILES string of the molecule is CCc1nc(-c2cc3c(cc2OC)CCC3)c(CC)nc1NC1CC(OC)CC1COC. The molecule has 6 nitrogen and oxygen atoms in total. The minimum absolute atomic E-state index is 0.256. The van der Waals surface area contributed by atoms with Crippen LogP contribution in [-0.2, 0) is 35.2 Å². The monoisotopic (exact) mass is 439 g/mol. The summed E-state index contributed by atoms with van der Waals surface area (Å²) >= 11 is 0. The van der Waals surface area contributed by atoms with Crippen LogP contribution in [0.2, 0.25) is 0 Å². The molecular weight excluding hydrogens is 402 g/mol. The summed E-state index contributed by atoms with van der Waals surface area (Å²) in [5.41, 5.74) is 6.85. The Morgan fingerprint density at radius 1 is 0.969 bits per heavy atom. The highest BCUT2D eigenvalue weighted by atomic mass is 16.5. The number of anilines is 1. The van der Waals surface area contributed by atoms with E-state index in [2.05, 4.69) is 31.3 Å². The quantitative estimate of drug-likeness (QED) is 0.615. The van der Waals surface area contributed by atoms with Crippen LogP contribution >= 0.6 is 0 Å². The Hall–Kier alpha value is -2.18. The molecule has 0 spiro atoms. The van der Waals surface area contributed by atoms with Crippen molar-refractivity contribution >= 4 is 5.82 Å². The van der Waals surface area contributed by atoms with Gasteiger partial charge in [-0.25, -0.2) is 9.97 Å². The van der Waals surface area contributed by atoms with Gasteiger partial charge in [0.15, 0.2) is 0 Å². The molecule has 0 saturated heterocycles. The molecule has 4 rings (SSSR count). The van der Waals surface area contributed by atoms with E-state index in [4.69, 9.17) is 24.2 Å². The highest BCUT2D eigenvalue weighted by molar-refractivity contribution is 5.72. The van der Waals surface area contributed by atoms with Gasteiger partial charge in [-0.1, -0.05) is 13.8 Å². The van der Waals surface area contributed by atoms with Crippen LogP contribution in [0.1, 0.15) is 55.6 Å². The van der Waals surface area contributed by atoms with Gasteiger partial charge in [0, 0.05) is 31.7 Å². The third kappa shape index (κ3) is 4.48. The van der Waals surface area contributed by atoms with Gasteiger partial charge in [-0.2, -0.15) is 0 Å². The lowest BCUT2D eigenvalue weighted by atomic mass is 10.00. The number of aromatic nitrogens is 2. The fourth-order valence-corrected chi connectivity index (χ4v) is 5.30. The highest BCUT2D eigenvalue weighted by Gasteiger charge is 2.35. The van der Waals surface area contributed by atoms with Crippen LogP contribution in [-0.4, -0.2) is 50.1 Å². The van der Waals surface area contributed by atoms with Crippen LogP contribution in [0.3, 0.4) is 0 Å². The number of rotatable bonds is 9. The molecule has 174 valence electrons. The Labute approximate surface area is 192 Å². The largest absolute Gasteiger partial charge is 0.496 e. The van der Waals surface area contributed by atoms with Gasteiger partial charge in [-0.05, 0) is 68.2 Å². The second-order valence-electron chi connectivity index (χ2n) is 8.99. The van der Waals surface area contributed by atoms with Crippen LogP contribution in [0.4, 0.5) is 5.82 Å². The van der Waals surface area contributed by atoms with Crippen molar-refractivity contribution in [3.05, 3.63) is 34.6 Å². The van der Waals surface area contributed by atoms with E-state index < -0.39 is 0 Å². The number of ether oxygens (including phenoxy) is 3. The van der Waals surface area contributed by atoms with Crippen LogP contribution in [0.25, 0.3) is 11.3 Å². The molecule has 2 aliphatic carbocycles. The Balaban J connectivity index is 1.71. The molecule has 0 bridgehead atoms. The fraction of sp³-hybridized carbons (Fsp3) is 0.615. The van der Waals surface area contributed by atoms with Crippen molar-refractivity contribution in [3.8, 4) is 17.0 Å². The second kappa shape index (κ2) is 10.2. The molecule has 0 amide bonds. The van der Waals surface area contributed by atoms with Gasteiger partial charge in [0.05, 0.1) is 36.9 Å². The molecule has 32 heavy (non-hydrogen) atoms. The molecule has 1 fully saturated rings. The summed E-state index contributed by atoms with van der Waals surface area (Å²) in [5.74, 6) is 2.20. The van der Waals surface area contributed by atoms with Crippen molar-refractivity contribution in [1.82, 2.24) is 9.97 Å². The summed E-state index contributed by atoms with van der Waals surface area (Å²) in [7, 11) is 5.31. The third-order valence-corrected chi connectivity index (χ3v) is 7.07. The summed E-state index contributed by atoms with van der Waals surface area (Å²) in [4.78, 5) is 10.3. The molecular formula is C26H37N3O3. The molecule has 1 heterocycles. The van der Waals surface area contributed by atoms with Crippen LogP contribution in [0.5, 0.6) is 5.75 Å². The first-order valence-electron chi connectivity index (χ1n) is 12.0. The normalized spacial score (nSPS) is 22.2. The lowest BCUT2D eigenvalue weighted by Gasteiger charge is -2.23. The predicted molar refractivity (Wildman–Crippen MR) is 128 cm³/mol. The molecule has 2 aromatic rings. The van der Waals surface area contributed by atoms with E-state index in [0.29, 0.717) is 5.92 Å². The Kier molecular flexibility index (Phi) is 7.31. The first-order chi connectivity index (χ1) is 15.6. The van der Waals surface area contributed by atoms with Gasteiger partial charge >= 0.3 is 0 Å². The Bertz CT molecular complexity index is 946. The van der Waals surface area contributed by atoms with Gasteiger partial charge in [0.2, 0.25) is 0 Å². The minimum Gasteiger partial charge on any atom is -0.496 e. The van der Waals surface area contributed by atoms with Gasteiger partial charge in [0.25, 0.3) is 0 Å². The minimum atomic E-state index is 0.256. The number of hydrogen-bond acceptors (Lipinski definition) is 6. The van der Waals surface area contributed by atoms with Gasteiger partial charge < -0.3 is 19.5 Å². The van der Waals surface area contributed by atoms with E-state index in [1.165, 1.54) is 17.5 Å². The second-order valence-corrected chi connectivity index (χ2v) is 8.99. The maximum Gasteiger partial charge on any atom is 0.148 e. The van der Waals surface area contributed by atoms with Crippen LogP contribution < -0.4 is 10.1 Å².